The van der Waals surface area contributed by atoms with E-state index < -0.39 is 6.67 Å². The first kappa shape index (κ1) is 15.9. The number of rotatable bonds is 5. The van der Waals surface area contributed by atoms with E-state index in [1.807, 2.05) is 30.3 Å². The zero-order chi connectivity index (χ0) is 17.2. The molecule has 0 bridgehead atoms. The maximum absolute atomic E-state index is 13.0. The summed E-state index contributed by atoms with van der Waals surface area (Å²) < 4.78 is 14.8. The van der Waals surface area contributed by atoms with Crippen LogP contribution in [0.25, 0.3) is 22.5 Å². The lowest BCUT2D eigenvalue weighted by Gasteiger charge is -2.07. The summed E-state index contributed by atoms with van der Waals surface area (Å²) in [6.07, 6.45) is 1.12. The summed E-state index contributed by atoms with van der Waals surface area (Å²) in [5.41, 5.74) is 6.60. The van der Waals surface area contributed by atoms with Crippen LogP contribution in [0.4, 0.5) is 10.1 Å². The van der Waals surface area contributed by atoms with Crippen molar-refractivity contribution in [2.24, 2.45) is 0 Å². The van der Waals surface area contributed by atoms with Gasteiger partial charge in [-0.05, 0) is 35.7 Å². The predicted molar refractivity (Wildman–Crippen MR) is 101 cm³/mol. The highest BCUT2D eigenvalue weighted by Gasteiger charge is 2.21. The lowest BCUT2D eigenvalue weighted by Crippen LogP contribution is -2.03. The fourth-order valence-electron chi connectivity index (χ4n) is 3.58. The smallest absolute Gasteiger partial charge is 0.109 e. The summed E-state index contributed by atoms with van der Waals surface area (Å²) in [5.74, 6) is 0.552. The van der Waals surface area contributed by atoms with E-state index in [0.717, 1.165) is 35.5 Å². The summed E-state index contributed by atoms with van der Waals surface area (Å²) in [7, 11) is 0. The molecule has 1 N–H and O–H groups in total. The number of benzene rings is 2. The van der Waals surface area contributed by atoms with Gasteiger partial charge in [-0.3, -0.25) is 4.68 Å². The molecule has 25 heavy (non-hydrogen) atoms. The first-order valence-corrected chi connectivity index (χ1v) is 8.87. The van der Waals surface area contributed by atoms with E-state index in [9.17, 15) is 4.39 Å². The second kappa shape index (κ2) is 6.71. The number of alkyl halides is 1. The molecule has 0 radical (unpaired) electrons. The zero-order valence-corrected chi connectivity index (χ0v) is 14.4. The van der Waals surface area contributed by atoms with Gasteiger partial charge >= 0.3 is 0 Å². The largest absolute Gasteiger partial charge is 0.384 e. The maximum atomic E-state index is 13.0. The van der Waals surface area contributed by atoms with Crippen molar-refractivity contribution in [2.45, 2.75) is 25.8 Å². The molecule has 1 aliphatic rings. The molecule has 3 aromatic rings. The van der Waals surface area contributed by atoms with Gasteiger partial charge in [0.2, 0.25) is 0 Å². The van der Waals surface area contributed by atoms with Crippen LogP contribution < -0.4 is 5.32 Å². The second-order valence-corrected chi connectivity index (χ2v) is 6.48. The number of halogens is 1. The Hall–Kier alpha value is -2.62. The van der Waals surface area contributed by atoms with Gasteiger partial charge in [-0.2, -0.15) is 5.10 Å². The second-order valence-electron chi connectivity index (χ2n) is 6.48. The Bertz CT molecular complexity index is 870. The number of hydrogen-bond donors (Lipinski definition) is 1. The Labute approximate surface area is 147 Å². The zero-order valence-electron chi connectivity index (χ0n) is 14.4. The van der Waals surface area contributed by atoms with Gasteiger partial charge in [0.1, 0.15) is 6.67 Å². The van der Waals surface area contributed by atoms with Crippen molar-refractivity contribution in [3.63, 3.8) is 0 Å². The minimum atomic E-state index is -0.424. The Kier molecular flexibility index (Phi) is 4.26. The standard InChI is InChI=1S/C21H22FN3/c1-2-15-14-23-19-9-8-17(12-18(15)19)20-13-21(25(24-20)11-10-22)16-6-4-3-5-7-16/h3-9,12-13,15,23H,2,10-11,14H2,1H3. The van der Waals surface area contributed by atoms with Crippen molar-refractivity contribution in [2.75, 3.05) is 18.5 Å². The molecule has 4 rings (SSSR count). The molecule has 0 saturated carbocycles. The third kappa shape index (κ3) is 2.93. The molecule has 0 saturated heterocycles. The van der Waals surface area contributed by atoms with Gasteiger partial charge in [-0.1, -0.05) is 43.3 Å². The molecule has 1 unspecified atom stereocenters. The molecular weight excluding hydrogens is 313 g/mol. The highest BCUT2D eigenvalue weighted by atomic mass is 19.1. The average Bonchev–Trinajstić information content (AvgIpc) is 3.26. The fourth-order valence-corrected chi connectivity index (χ4v) is 3.58. The fraction of sp³-hybridized carbons (Fsp3) is 0.286. The molecule has 4 heteroatoms. The van der Waals surface area contributed by atoms with Crippen LogP contribution in [0, 0.1) is 0 Å². The van der Waals surface area contributed by atoms with Crippen LogP contribution in [-0.2, 0) is 6.54 Å². The number of fused-ring (bicyclic) bond motifs is 1. The van der Waals surface area contributed by atoms with Gasteiger partial charge in [0, 0.05) is 23.7 Å². The summed E-state index contributed by atoms with van der Waals surface area (Å²) in [4.78, 5) is 0. The minimum absolute atomic E-state index is 0.272. The Morgan fingerprint density at radius 3 is 2.72 bits per heavy atom. The van der Waals surface area contributed by atoms with Crippen LogP contribution >= 0.6 is 0 Å². The monoisotopic (exact) mass is 335 g/mol. The van der Waals surface area contributed by atoms with E-state index in [-0.39, 0.29) is 6.54 Å². The van der Waals surface area contributed by atoms with Gasteiger partial charge in [0.25, 0.3) is 0 Å². The van der Waals surface area contributed by atoms with Crippen LogP contribution in [0.3, 0.4) is 0 Å². The number of hydrogen-bond acceptors (Lipinski definition) is 2. The average molecular weight is 335 g/mol. The molecule has 0 fully saturated rings. The summed E-state index contributed by atoms with van der Waals surface area (Å²) in [6, 6.07) is 18.6. The molecule has 0 amide bonds. The van der Waals surface area contributed by atoms with Gasteiger partial charge in [-0.25, -0.2) is 4.39 Å². The lowest BCUT2D eigenvalue weighted by atomic mass is 9.96. The maximum Gasteiger partial charge on any atom is 0.109 e. The molecule has 2 aromatic carbocycles. The third-order valence-corrected chi connectivity index (χ3v) is 4.96. The van der Waals surface area contributed by atoms with E-state index in [2.05, 4.69) is 41.6 Å². The normalized spacial score (nSPS) is 15.8. The molecular formula is C21H22FN3. The van der Waals surface area contributed by atoms with E-state index in [0.29, 0.717) is 5.92 Å². The van der Waals surface area contributed by atoms with Gasteiger partial charge in [-0.15, -0.1) is 0 Å². The topological polar surface area (TPSA) is 29.9 Å². The predicted octanol–water partition coefficient (Wildman–Crippen LogP) is 5.11. The number of aromatic nitrogens is 2. The van der Waals surface area contributed by atoms with E-state index in [1.54, 1.807) is 4.68 Å². The third-order valence-electron chi connectivity index (χ3n) is 4.96. The SMILES string of the molecule is CCC1CNc2ccc(-c3cc(-c4ccccc4)n(CCF)n3)cc21. The number of nitrogens with one attached hydrogen (secondary N) is 1. The summed E-state index contributed by atoms with van der Waals surface area (Å²) in [6.45, 7) is 3.07. The van der Waals surface area contributed by atoms with Crippen molar-refractivity contribution in [1.29, 1.82) is 0 Å². The summed E-state index contributed by atoms with van der Waals surface area (Å²) >= 11 is 0. The van der Waals surface area contributed by atoms with Crippen LogP contribution in [0.15, 0.2) is 54.6 Å². The number of nitrogens with zero attached hydrogens (tertiary/aromatic N) is 2. The first-order chi connectivity index (χ1) is 12.3. The molecule has 1 aliphatic heterocycles. The highest BCUT2D eigenvalue weighted by molar-refractivity contribution is 5.72. The van der Waals surface area contributed by atoms with E-state index >= 15 is 0 Å². The molecule has 0 aliphatic carbocycles. The molecule has 0 spiro atoms. The number of aryl methyl sites for hydroxylation is 1. The van der Waals surface area contributed by atoms with Crippen molar-refractivity contribution in [1.82, 2.24) is 9.78 Å². The molecule has 3 nitrogen and oxygen atoms in total. The van der Waals surface area contributed by atoms with Crippen LogP contribution in [0.2, 0.25) is 0 Å². The van der Waals surface area contributed by atoms with Gasteiger partial charge in [0.05, 0.1) is 17.9 Å². The molecule has 2 heterocycles. The Morgan fingerprint density at radius 1 is 1.12 bits per heavy atom. The van der Waals surface area contributed by atoms with Crippen LogP contribution in [-0.4, -0.2) is 23.0 Å². The quantitative estimate of drug-likeness (QED) is 0.702. The van der Waals surface area contributed by atoms with Gasteiger partial charge < -0.3 is 5.32 Å². The molecule has 128 valence electrons. The lowest BCUT2D eigenvalue weighted by molar-refractivity contribution is 0.430. The first-order valence-electron chi connectivity index (χ1n) is 8.87. The van der Waals surface area contributed by atoms with Gasteiger partial charge in [0.15, 0.2) is 0 Å². The molecule has 1 atom stereocenters. The van der Waals surface area contributed by atoms with Crippen molar-refractivity contribution in [3.05, 3.63) is 60.2 Å². The van der Waals surface area contributed by atoms with Crippen molar-refractivity contribution >= 4 is 5.69 Å². The van der Waals surface area contributed by atoms with E-state index in [4.69, 9.17) is 0 Å². The number of anilines is 1. The van der Waals surface area contributed by atoms with Crippen LogP contribution in [0.1, 0.15) is 24.8 Å². The highest BCUT2D eigenvalue weighted by Crippen LogP contribution is 2.37. The minimum Gasteiger partial charge on any atom is -0.384 e. The van der Waals surface area contributed by atoms with Crippen molar-refractivity contribution in [3.8, 4) is 22.5 Å². The van der Waals surface area contributed by atoms with E-state index in [1.165, 1.54) is 11.3 Å². The Balaban J connectivity index is 1.77. The van der Waals surface area contributed by atoms with Crippen LogP contribution in [0.5, 0.6) is 0 Å². The van der Waals surface area contributed by atoms with Crippen molar-refractivity contribution < 1.29 is 4.39 Å². The molecule has 1 aromatic heterocycles. The Morgan fingerprint density at radius 2 is 1.96 bits per heavy atom. The summed E-state index contributed by atoms with van der Waals surface area (Å²) in [5, 5.41) is 8.15.